The van der Waals surface area contributed by atoms with Crippen LogP contribution in [0.25, 0.3) is 0 Å². The van der Waals surface area contributed by atoms with E-state index in [9.17, 15) is 4.79 Å². The smallest absolute Gasteiger partial charge is 0.257 e. The van der Waals surface area contributed by atoms with Crippen LogP contribution in [0.2, 0.25) is 0 Å². The summed E-state index contributed by atoms with van der Waals surface area (Å²) in [5, 5.41) is 2.84. The maximum absolute atomic E-state index is 11.7. The Hall–Kier alpha value is -2.01. The van der Waals surface area contributed by atoms with Gasteiger partial charge in [0.25, 0.3) is 5.91 Å². The van der Waals surface area contributed by atoms with E-state index < -0.39 is 0 Å². The molecule has 0 heterocycles. The van der Waals surface area contributed by atoms with E-state index in [1.807, 2.05) is 48.5 Å². The van der Waals surface area contributed by atoms with Crippen molar-refractivity contribution >= 4 is 21.8 Å². The summed E-state index contributed by atoms with van der Waals surface area (Å²) in [6.45, 7) is 0.596. The van der Waals surface area contributed by atoms with Crippen LogP contribution in [0.3, 0.4) is 0 Å². The topological polar surface area (TPSA) is 47.6 Å². The predicted molar refractivity (Wildman–Crippen MR) is 89.3 cm³/mol. The third-order valence-electron chi connectivity index (χ3n) is 3.08. The van der Waals surface area contributed by atoms with Gasteiger partial charge in [-0.25, -0.2) is 0 Å². The molecule has 0 saturated carbocycles. The first-order valence-electron chi connectivity index (χ1n) is 6.95. The fourth-order valence-corrected chi connectivity index (χ4v) is 2.13. The Bertz CT molecular complexity index is 596. The van der Waals surface area contributed by atoms with Crippen LogP contribution in [0.15, 0.2) is 53.0 Å². The van der Waals surface area contributed by atoms with Gasteiger partial charge in [-0.2, -0.15) is 0 Å². The van der Waals surface area contributed by atoms with Crippen LogP contribution >= 0.6 is 15.9 Å². The largest absolute Gasteiger partial charge is 0.497 e. The molecule has 2 aromatic rings. The van der Waals surface area contributed by atoms with Gasteiger partial charge in [-0.05, 0) is 48.4 Å². The number of benzene rings is 2. The molecular weight excluding hydrogens is 346 g/mol. The summed E-state index contributed by atoms with van der Waals surface area (Å²) in [6.07, 6.45) is 0.772. The molecule has 0 aliphatic carbocycles. The van der Waals surface area contributed by atoms with E-state index in [0.717, 1.165) is 22.2 Å². The number of hydrogen-bond donors (Lipinski definition) is 1. The molecule has 0 bridgehead atoms. The molecule has 2 aromatic carbocycles. The van der Waals surface area contributed by atoms with Crippen LogP contribution in [0.1, 0.15) is 5.56 Å². The van der Waals surface area contributed by atoms with Crippen LogP contribution < -0.4 is 14.8 Å². The van der Waals surface area contributed by atoms with Gasteiger partial charge in [0.2, 0.25) is 0 Å². The summed E-state index contributed by atoms with van der Waals surface area (Å²) >= 11 is 3.35. The SMILES string of the molecule is COc1ccc(CCNC(=O)COc2ccc(Br)cc2)cc1. The van der Waals surface area contributed by atoms with Crippen LogP contribution in [0.4, 0.5) is 0 Å². The summed E-state index contributed by atoms with van der Waals surface area (Å²) in [5.41, 5.74) is 1.15. The van der Waals surface area contributed by atoms with Gasteiger partial charge in [0.15, 0.2) is 6.61 Å². The van der Waals surface area contributed by atoms with E-state index in [4.69, 9.17) is 9.47 Å². The molecule has 1 N–H and O–H groups in total. The summed E-state index contributed by atoms with van der Waals surface area (Å²) in [4.78, 5) is 11.7. The second kappa shape index (κ2) is 8.44. The summed E-state index contributed by atoms with van der Waals surface area (Å²) < 4.78 is 11.5. The lowest BCUT2D eigenvalue weighted by molar-refractivity contribution is -0.123. The van der Waals surface area contributed by atoms with Gasteiger partial charge >= 0.3 is 0 Å². The van der Waals surface area contributed by atoms with Crippen molar-refractivity contribution in [2.24, 2.45) is 0 Å². The molecule has 0 atom stereocenters. The van der Waals surface area contributed by atoms with Crippen LogP contribution in [0.5, 0.6) is 11.5 Å². The zero-order chi connectivity index (χ0) is 15.8. The fourth-order valence-electron chi connectivity index (χ4n) is 1.87. The number of carbonyl (C=O) groups is 1. The molecule has 0 spiro atoms. The highest BCUT2D eigenvalue weighted by atomic mass is 79.9. The molecular formula is C17H18BrNO3. The minimum absolute atomic E-state index is 0.0181. The molecule has 1 amide bonds. The Morgan fingerprint density at radius 2 is 1.68 bits per heavy atom. The molecule has 0 radical (unpaired) electrons. The fraction of sp³-hybridized carbons (Fsp3) is 0.235. The molecule has 0 aliphatic rings. The van der Waals surface area contributed by atoms with Crippen LogP contribution in [0, 0.1) is 0 Å². The molecule has 116 valence electrons. The van der Waals surface area contributed by atoms with Gasteiger partial charge in [-0.3, -0.25) is 4.79 Å². The van der Waals surface area contributed by atoms with Crippen molar-refractivity contribution < 1.29 is 14.3 Å². The molecule has 0 saturated heterocycles. The van der Waals surface area contributed by atoms with Crippen molar-refractivity contribution in [3.05, 3.63) is 58.6 Å². The summed E-state index contributed by atoms with van der Waals surface area (Å²) in [7, 11) is 1.64. The van der Waals surface area contributed by atoms with Crippen molar-refractivity contribution in [1.29, 1.82) is 0 Å². The number of rotatable bonds is 7. The lowest BCUT2D eigenvalue weighted by Crippen LogP contribution is -2.30. The first-order valence-corrected chi connectivity index (χ1v) is 7.74. The normalized spacial score (nSPS) is 10.1. The number of hydrogen-bond acceptors (Lipinski definition) is 3. The quantitative estimate of drug-likeness (QED) is 0.821. The van der Waals surface area contributed by atoms with Gasteiger partial charge < -0.3 is 14.8 Å². The van der Waals surface area contributed by atoms with E-state index in [-0.39, 0.29) is 12.5 Å². The number of ether oxygens (including phenoxy) is 2. The lowest BCUT2D eigenvalue weighted by atomic mass is 10.1. The Kier molecular flexibility index (Phi) is 6.27. The Morgan fingerprint density at radius 3 is 2.32 bits per heavy atom. The van der Waals surface area contributed by atoms with E-state index in [1.54, 1.807) is 7.11 Å². The number of methoxy groups -OCH3 is 1. The third kappa shape index (κ3) is 5.41. The maximum atomic E-state index is 11.7. The number of nitrogens with one attached hydrogen (secondary N) is 1. The van der Waals surface area contributed by atoms with Crippen molar-refractivity contribution in [2.75, 3.05) is 20.3 Å². The summed E-state index contributed by atoms with van der Waals surface area (Å²) in [6, 6.07) is 15.2. The average molecular weight is 364 g/mol. The second-order valence-electron chi connectivity index (χ2n) is 4.69. The first-order chi connectivity index (χ1) is 10.7. The molecule has 22 heavy (non-hydrogen) atoms. The van der Waals surface area contributed by atoms with Crippen molar-refractivity contribution in [3.8, 4) is 11.5 Å². The Labute approximate surface area is 138 Å². The van der Waals surface area contributed by atoms with Crippen molar-refractivity contribution in [3.63, 3.8) is 0 Å². The highest BCUT2D eigenvalue weighted by molar-refractivity contribution is 9.10. The predicted octanol–water partition coefficient (Wildman–Crippen LogP) is 3.20. The Morgan fingerprint density at radius 1 is 1.05 bits per heavy atom. The van der Waals surface area contributed by atoms with E-state index >= 15 is 0 Å². The lowest BCUT2D eigenvalue weighted by Gasteiger charge is -2.08. The number of halogens is 1. The number of amides is 1. The van der Waals surface area contributed by atoms with Crippen LogP contribution in [-0.2, 0) is 11.2 Å². The molecule has 0 aliphatic heterocycles. The third-order valence-corrected chi connectivity index (χ3v) is 3.61. The van der Waals surface area contributed by atoms with Gasteiger partial charge in [0.1, 0.15) is 11.5 Å². The molecule has 0 fully saturated rings. The highest BCUT2D eigenvalue weighted by Gasteiger charge is 2.03. The van der Waals surface area contributed by atoms with Crippen molar-refractivity contribution in [2.45, 2.75) is 6.42 Å². The second-order valence-corrected chi connectivity index (χ2v) is 5.61. The standard InChI is InChI=1S/C17H18BrNO3/c1-21-15-6-2-13(3-7-15)10-11-19-17(20)12-22-16-8-4-14(18)5-9-16/h2-9H,10-12H2,1H3,(H,19,20). The molecule has 5 heteroatoms. The minimum atomic E-state index is -0.128. The zero-order valence-corrected chi connectivity index (χ0v) is 13.9. The Balaban J connectivity index is 1.67. The molecule has 4 nitrogen and oxygen atoms in total. The number of carbonyl (C=O) groups excluding carboxylic acids is 1. The minimum Gasteiger partial charge on any atom is -0.497 e. The van der Waals surface area contributed by atoms with E-state index in [2.05, 4.69) is 21.2 Å². The molecule has 0 unspecified atom stereocenters. The van der Waals surface area contributed by atoms with Gasteiger partial charge in [-0.1, -0.05) is 28.1 Å². The van der Waals surface area contributed by atoms with Gasteiger partial charge in [0, 0.05) is 11.0 Å². The van der Waals surface area contributed by atoms with Crippen LogP contribution in [-0.4, -0.2) is 26.2 Å². The highest BCUT2D eigenvalue weighted by Crippen LogP contribution is 2.15. The average Bonchev–Trinajstić information content (AvgIpc) is 2.55. The monoisotopic (exact) mass is 363 g/mol. The van der Waals surface area contributed by atoms with Crippen molar-refractivity contribution in [1.82, 2.24) is 5.32 Å². The maximum Gasteiger partial charge on any atom is 0.257 e. The van der Waals surface area contributed by atoms with Gasteiger partial charge in [-0.15, -0.1) is 0 Å². The molecule has 2 rings (SSSR count). The van der Waals surface area contributed by atoms with Gasteiger partial charge in [0.05, 0.1) is 7.11 Å². The van der Waals surface area contributed by atoms with E-state index in [1.165, 1.54) is 0 Å². The van der Waals surface area contributed by atoms with E-state index in [0.29, 0.717) is 12.3 Å². The first kappa shape index (κ1) is 16.4. The molecule has 0 aromatic heterocycles. The zero-order valence-electron chi connectivity index (χ0n) is 12.3. The summed E-state index contributed by atoms with van der Waals surface area (Å²) in [5.74, 6) is 1.38.